The molecule has 0 aliphatic rings. The third kappa shape index (κ3) is 2.89. The van der Waals surface area contributed by atoms with Crippen LogP contribution in [-0.4, -0.2) is 15.8 Å². The van der Waals surface area contributed by atoms with Crippen molar-refractivity contribution in [1.29, 1.82) is 0 Å². The number of carbonyl (C=O) groups excluding carboxylic acids is 1. The summed E-state index contributed by atoms with van der Waals surface area (Å²) in [6.45, 7) is 0. The molecule has 1 aromatic heterocycles. The number of amides is 1. The molecule has 6 nitrogen and oxygen atoms in total. The number of hydrogen-bond donors (Lipinski definition) is 1. The minimum Gasteiger partial charge on any atom is -0.319 e. The van der Waals surface area contributed by atoms with Crippen LogP contribution in [0.1, 0.15) is 10.4 Å². The predicted molar refractivity (Wildman–Crippen MR) is 65.2 cm³/mol. The number of carbonyl (C=O) groups is 1. The van der Waals surface area contributed by atoms with Crippen molar-refractivity contribution in [3.05, 3.63) is 64.2 Å². The van der Waals surface area contributed by atoms with Crippen LogP contribution in [0, 0.1) is 15.9 Å². The van der Waals surface area contributed by atoms with Crippen molar-refractivity contribution in [2.75, 3.05) is 5.32 Å². The van der Waals surface area contributed by atoms with E-state index in [1.807, 2.05) is 0 Å². The Bertz CT molecular complexity index is 631. The highest BCUT2D eigenvalue weighted by atomic mass is 19.1. The number of non-ortho nitro benzene ring substituents is 1. The van der Waals surface area contributed by atoms with Crippen LogP contribution < -0.4 is 5.32 Å². The first kappa shape index (κ1) is 12.6. The molecule has 1 N–H and O–H groups in total. The zero-order valence-electron chi connectivity index (χ0n) is 9.54. The van der Waals surface area contributed by atoms with E-state index in [0.29, 0.717) is 0 Å². The third-order valence-electron chi connectivity index (χ3n) is 2.33. The van der Waals surface area contributed by atoms with Crippen molar-refractivity contribution in [2.45, 2.75) is 0 Å². The number of benzene rings is 1. The number of halogens is 1. The number of aromatic nitrogens is 1. The fourth-order valence-corrected chi connectivity index (χ4v) is 1.41. The van der Waals surface area contributed by atoms with Gasteiger partial charge in [-0.2, -0.15) is 0 Å². The number of pyridine rings is 1. The molecule has 0 fully saturated rings. The minimum absolute atomic E-state index is 0.230. The van der Waals surface area contributed by atoms with Crippen molar-refractivity contribution in [3.63, 3.8) is 0 Å². The number of nitro groups is 1. The first-order valence-corrected chi connectivity index (χ1v) is 5.23. The van der Waals surface area contributed by atoms with E-state index in [9.17, 15) is 19.3 Å². The molecule has 0 aliphatic heterocycles. The molecule has 1 amide bonds. The maximum Gasteiger partial charge on any atom is 0.271 e. The summed E-state index contributed by atoms with van der Waals surface area (Å²) in [4.78, 5) is 25.4. The lowest BCUT2D eigenvalue weighted by molar-refractivity contribution is -0.384. The molecule has 2 aromatic rings. The zero-order chi connectivity index (χ0) is 13.8. The Hall–Kier alpha value is -2.83. The molecule has 0 spiro atoms. The number of nitrogens with one attached hydrogen (secondary N) is 1. The Morgan fingerprint density at radius 2 is 2.16 bits per heavy atom. The lowest BCUT2D eigenvalue weighted by atomic mass is 10.2. The normalized spacial score (nSPS) is 9.95. The fraction of sp³-hybridized carbons (Fsp3) is 0. The molecule has 1 heterocycles. The number of nitrogens with zero attached hydrogens (tertiary/aromatic N) is 2. The van der Waals surface area contributed by atoms with Gasteiger partial charge in [0.05, 0.1) is 16.2 Å². The standard InChI is InChI=1S/C12H8FN3O3/c13-10-4-3-9(16(18)19)6-11(10)15-12(17)8-2-1-5-14-7-8/h1-7H,(H,15,17). The summed E-state index contributed by atoms with van der Waals surface area (Å²) >= 11 is 0. The summed E-state index contributed by atoms with van der Waals surface area (Å²) in [6, 6.07) is 5.96. The molecule has 0 aliphatic carbocycles. The van der Waals surface area contributed by atoms with Gasteiger partial charge in [0.15, 0.2) is 0 Å². The highest BCUT2D eigenvalue weighted by Crippen LogP contribution is 2.21. The predicted octanol–water partition coefficient (Wildman–Crippen LogP) is 2.38. The van der Waals surface area contributed by atoms with Crippen molar-refractivity contribution >= 4 is 17.3 Å². The molecule has 96 valence electrons. The van der Waals surface area contributed by atoms with Gasteiger partial charge in [-0.3, -0.25) is 19.9 Å². The summed E-state index contributed by atoms with van der Waals surface area (Å²) in [5.41, 5.74) is -0.320. The second-order valence-corrected chi connectivity index (χ2v) is 3.62. The molecular formula is C12H8FN3O3. The van der Waals surface area contributed by atoms with Gasteiger partial charge < -0.3 is 5.32 Å². The van der Waals surface area contributed by atoms with E-state index in [0.717, 1.165) is 18.2 Å². The number of anilines is 1. The van der Waals surface area contributed by atoms with E-state index in [-0.39, 0.29) is 16.9 Å². The Labute approximate surface area is 107 Å². The van der Waals surface area contributed by atoms with Crippen molar-refractivity contribution < 1.29 is 14.1 Å². The summed E-state index contributed by atoms with van der Waals surface area (Å²) in [5, 5.41) is 12.8. The first-order valence-electron chi connectivity index (χ1n) is 5.23. The molecule has 0 unspecified atom stereocenters. The molecule has 0 saturated carbocycles. The fourth-order valence-electron chi connectivity index (χ4n) is 1.41. The molecule has 19 heavy (non-hydrogen) atoms. The highest BCUT2D eigenvalue weighted by Gasteiger charge is 2.14. The van der Waals surface area contributed by atoms with Gasteiger partial charge in [-0.1, -0.05) is 0 Å². The lowest BCUT2D eigenvalue weighted by Crippen LogP contribution is -2.13. The first-order chi connectivity index (χ1) is 9.08. The van der Waals surface area contributed by atoms with Crippen LogP contribution in [0.3, 0.4) is 0 Å². The molecule has 0 atom stereocenters. The van der Waals surface area contributed by atoms with Crippen LogP contribution in [0.5, 0.6) is 0 Å². The van der Waals surface area contributed by atoms with Crippen LogP contribution in [0.25, 0.3) is 0 Å². The topological polar surface area (TPSA) is 85.1 Å². The SMILES string of the molecule is O=C(Nc1cc([N+](=O)[O-])ccc1F)c1cccnc1. The summed E-state index contributed by atoms with van der Waals surface area (Å²) in [5.74, 6) is -1.34. The molecule has 1 aromatic carbocycles. The van der Waals surface area contributed by atoms with Gasteiger partial charge in [-0.15, -0.1) is 0 Å². The van der Waals surface area contributed by atoms with Crippen LogP contribution in [0.2, 0.25) is 0 Å². The number of hydrogen-bond acceptors (Lipinski definition) is 4. The average molecular weight is 261 g/mol. The van der Waals surface area contributed by atoms with Crippen LogP contribution >= 0.6 is 0 Å². The number of nitro benzene ring substituents is 1. The van der Waals surface area contributed by atoms with E-state index < -0.39 is 16.6 Å². The van der Waals surface area contributed by atoms with Gasteiger partial charge in [0.2, 0.25) is 0 Å². The average Bonchev–Trinajstić information content (AvgIpc) is 2.42. The van der Waals surface area contributed by atoms with Crippen molar-refractivity contribution in [3.8, 4) is 0 Å². The Morgan fingerprint density at radius 3 is 2.79 bits per heavy atom. The second kappa shape index (κ2) is 5.21. The highest BCUT2D eigenvalue weighted by molar-refractivity contribution is 6.04. The summed E-state index contributed by atoms with van der Waals surface area (Å²) < 4.78 is 13.5. The Morgan fingerprint density at radius 1 is 1.37 bits per heavy atom. The molecule has 2 rings (SSSR count). The monoisotopic (exact) mass is 261 g/mol. The van der Waals surface area contributed by atoms with E-state index in [4.69, 9.17) is 0 Å². The Balaban J connectivity index is 2.26. The maximum atomic E-state index is 13.5. The largest absolute Gasteiger partial charge is 0.319 e. The van der Waals surface area contributed by atoms with Crippen LogP contribution in [-0.2, 0) is 0 Å². The quantitative estimate of drug-likeness (QED) is 0.679. The maximum absolute atomic E-state index is 13.5. The lowest BCUT2D eigenvalue weighted by Gasteiger charge is -2.05. The van der Waals surface area contributed by atoms with E-state index in [1.165, 1.54) is 18.5 Å². The van der Waals surface area contributed by atoms with Gasteiger partial charge in [-0.05, 0) is 18.2 Å². The molecule has 0 saturated heterocycles. The molecular weight excluding hydrogens is 253 g/mol. The Kier molecular flexibility index (Phi) is 3.46. The summed E-state index contributed by atoms with van der Waals surface area (Å²) in [6.07, 6.45) is 2.80. The van der Waals surface area contributed by atoms with E-state index in [1.54, 1.807) is 6.07 Å². The molecule has 7 heteroatoms. The van der Waals surface area contributed by atoms with Gasteiger partial charge in [-0.25, -0.2) is 4.39 Å². The van der Waals surface area contributed by atoms with Crippen LogP contribution in [0.4, 0.5) is 15.8 Å². The molecule has 0 bridgehead atoms. The molecule has 0 radical (unpaired) electrons. The van der Waals surface area contributed by atoms with Gasteiger partial charge in [0.25, 0.3) is 11.6 Å². The van der Waals surface area contributed by atoms with Gasteiger partial charge in [0.1, 0.15) is 5.82 Å². The number of rotatable bonds is 3. The van der Waals surface area contributed by atoms with Crippen molar-refractivity contribution in [2.24, 2.45) is 0 Å². The van der Waals surface area contributed by atoms with E-state index in [2.05, 4.69) is 10.3 Å². The minimum atomic E-state index is -0.747. The second-order valence-electron chi connectivity index (χ2n) is 3.62. The third-order valence-corrected chi connectivity index (χ3v) is 2.33. The van der Waals surface area contributed by atoms with Crippen LogP contribution in [0.15, 0.2) is 42.7 Å². The van der Waals surface area contributed by atoms with Gasteiger partial charge >= 0.3 is 0 Å². The zero-order valence-corrected chi connectivity index (χ0v) is 9.54. The van der Waals surface area contributed by atoms with Gasteiger partial charge in [0, 0.05) is 24.5 Å². The summed E-state index contributed by atoms with van der Waals surface area (Å²) in [7, 11) is 0. The smallest absolute Gasteiger partial charge is 0.271 e. The van der Waals surface area contributed by atoms with Crippen molar-refractivity contribution in [1.82, 2.24) is 4.98 Å². The van der Waals surface area contributed by atoms with E-state index >= 15 is 0 Å².